The molecule has 29 heavy (non-hydrogen) atoms. The van der Waals surface area contributed by atoms with Crippen LogP contribution in [0.4, 0.5) is 4.39 Å². The van der Waals surface area contributed by atoms with Crippen molar-refractivity contribution in [1.82, 2.24) is 4.98 Å². The van der Waals surface area contributed by atoms with E-state index in [0.29, 0.717) is 12.5 Å². The van der Waals surface area contributed by atoms with Crippen LogP contribution in [0.5, 0.6) is 0 Å². The molecule has 1 spiro atoms. The van der Waals surface area contributed by atoms with Gasteiger partial charge in [0.1, 0.15) is 5.82 Å². The molecule has 0 unspecified atom stereocenters. The number of hydrogen-bond donors (Lipinski definition) is 0. The summed E-state index contributed by atoms with van der Waals surface area (Å²) in [5.41, 5.74) is 3.88. The highest BCUT2D eigenvalue weighted by Gasteiger charge is 2.49. The summed E-state index contributed by atoms with van der Waals surface area (Å²) in [4.78, 5) is 4.54. The lowest BCUT2D eigenvalue weighted by Gasteiger charge is -2.45. The van der Waals surface area contributed by atoms with Crippen LogP contribution in [0.3, 0.4) is 0 Å². The molecule has 1 aliphatic carbocycles. The Labute approximate surface area is 172 Å². The van der Waals surface area contributed by atoms with Gasteiger partial charge < -0.3 is 9.47 Å². The second-order valence-corrected chi connectivity index (χ2v) is 9.23. The lowest BCUT2D eigenvalue weighted by molar-refractivity contribution is -0.109. The lowest BCUT2D eigenvalue weighted by Crippen LogP contribution is -2.48. The molecule has 0 N–H and O–H groups in total. The van der Waals surface area contributed by atoms with Gasteiger partial charge in [0.05, 0.1) is 18.4 Å². The van der Waals surface area contributed by atoms with Gasteiger partial charge >= 0.3 is 0 Å². The van der Waals surface area contributed by atoms with Crippen molar-refractivity contribution < 1.29 is 13.9 Å². The highest BCUT2D eigenvalue weighted by atomic mass is 19.1. The lowest BCUT2D eigenvalue weighted by atomic mass is 9.67. The first-order valence-electron chi connectivity index (χ1n) is 11.1. The Hall–Kier alpha value is -1.78. The van der Waals surface area contributed by atoms with Crippen molar-refractivity contribution in [2.24, 2.45) is 0 Å². The Kier molecular flexibility index (Phi) is 5.17. The molecule has 0 radical (unpaired) electrons. The number of fused-ring (bicyclic) bond motifs is 1. The van der Waals surface area contributed by atoms with Crippen LogP contribution in [0, 0.1) is 5.82 Å². The van der Waals surface area contributed by atoms with Crippen LogP contribution in [0.2, 0.25) is 0 Å². The molecule has 5 rings (SSSR count). The summed E-state index contributed by atoms with van der Waals surface area (Å²) < 4.78 is 25.5. The van der Waals surface area contributed by atoms with E-state index < -0.39 is 0 Å². The molecule has 3 atom stereocenters. The second-order valence-electron chi connectivity index (χ2n) is 9.23. The van der Waals surface area contributed by atoms with Gasteiger partial charge in [-0.3, -0.25) is 4.98 Å². The molecule has 3 heterocycles. The molecule has 2 saturated heterocycles. The fourth-order valence-corrected chi connectivity index (χ4v) is 5.94. The van der Waals surface area contributed by atoms with Crippen LogP contribution >= 0.6 is 0 Å². The van der Waals surface area contributed by atoms with Crippen molar-refractivity contribution in [3.05, 3.63) is 65.2 Å². The number of pyridine rings is 1. The standard InChI is InChI=1S/C25H30FNO2/c26-21-9-10-23(27-16-21)24(12-15-29-25(17-24)13-14-28-18-25)11-3-5-20-8-7-19-4-1-2-6-22(19)20/h1-2,4,6,9-10,16,20H,3,5,7-8,11-15,17-18H2/t20-,24+,25+/m0/s1. The maximum atomic E-state index is 13.6. The minimum atomic E-state index is -0.266. The van der Waals surface area contributed by atoms with Crippen molar-refractivity contribution in [3.63, 3.8) is 0 Å². The van der Waals surface area contributed by atoms with Gasteiger partial charge in [-0.2, -0.15) is 0 Å². The molecular weight excluding hydrogens is 365 g/mol. The number of benzene rings is 1. The molecule has 2 aliphatic heterocycles. The van der Waals surface area contributed by atoms with Crippen molar-refractivity contribution in [1.29, 1.82) is 0 Å². The maximum absolute atomic E-state index is 13.6. The number of halogens is 1. The molecule has 2 fully saturated rings. The summed E-state index contributed by atoms with van der Waals surface area (Å²) in [5, 5.41) is 0. The highest BCUT2D eigenvalue weighted by Crippen LogP contribution is 2.48. The Morgan fingerprint density at radius 2 is 2.03 bits per heavy atom. The molecule has 0 amide bonds. The molecule has 1 aromatic carbocycles. The van der Waals surface area contributed by atoms with E-state index in [4.69, 9.17) is 9.47 Å². The first kappa shape index (κ1) is 19.2. The van der Waals surface area contributed by atoms with Crippen molar-refractivity contribution >= 4 is 0 Å². The van der Waals surface area contributed by atoms with Gasteiger partial charge in [-0.25, -0.2) is 4.39 Å². The summed E-state index contributed by atoms with van der Waals surface area (Å²) in [7, 11) is 0. The van der Waals surface area contributed by atoms with Gasteiger partial charge in [-0.05, 0) is 67.7 Å². The molecule has 154 valence electrons. The summed E-state index contributed by atoms with van der Waals surface area (Å²) in [6.45, 7) is 2.17. The van der Waals surface area contributed by atoms with Crippen LogP contribution in [0.1, 0.15) is 67.7 Å². The molecule has 0 bridgehead atoms. The summed E-state index contributed by atoms with van der Waals surface area (Å²) in [6.07, 6.45) is 10.1. The van der Waals surface area contributed by atoms with Crippen molar-refractivity contribution in [2.45, 2.75) is 68.3 Å². The quantitative estimate of drug-likeness (QED) is 0.686. The average Bonchev–Trinajstić information content (AvgIpc) is 3.36. The van der Waals surface area contributed by atoms with E-state index in [9.17, 15) is 4.39 Å². The predicted molar refractivity (Wildman–Crippen MR) is 111 cm³/mol. The third-order valence-corrected chi connectivity index (χ3v) is 7.45. The minimum Gasteiger partial charge on any atom is -0.378 e. The SMILES string of the molecule is Fc1ccc([C@]2(CCC[C@H]3CCc4ccccc43)CCO[C@]3(CCOC3)C2)nc1. The molecule has 3 nitrogen and oxygen atoms in total. The van der Waals surface area contributed by atoms with Crippen LogP contribution in [-0.4, -0.2) is 30.4 Å². The van der Waals surface area contributed by atoms with E-state index in [1.54, 1.807) is 11.6 Å². The molecule has 3 aliphatic rings. The fraction of sp³-hybridized carbons (Fsp3) is 0.560. The van der Waals surface area contributed by atoms with Gasteiger partial charge in [0.15, 0.2) is 0 Å². The summed E-state index contributed by atoms with van der Waals surface area (Å²) >= 11 is 0. The normalized spacial score (nSPS) is 31.3. The van der Waals surface area contributed by atoms with E-state index in [-0.39, 0.29) is 16.8 Å². The third kappa shape index (κ3) is 3.73. The number of aromatic nitrogens is 1. The minimum absolute atomic E-state index is 0.0439. The van der Waals surface area contributed by atoms with Gasteiger partial charge in [-0.15, -0.1) is 0 Å². The predicted octanol–water partition coefficient (Wildman–Crippen LogP) is 5.33. The zero-order valence-electron chi connectivity index (χ0n) is 17.0. The molecule has 2 aromatic rings. The van der Waals surface area contributed by atoms with E-state index in [0.717, 1.165) is 51.0 Å². The van der Waals surface area contributed by atoms with Crippen LogP contribution in [0.15, 0.2) is 42.6 Å². The van der Waals surface area contributed by atoms with Crippen molar-refractivity contribution in [2.75, 3.05) is 19.8 Å². The zero-order valence-corrected chi connectivity index (χ0v) is 17.0. The van der Waals surface area contributed by atoms with Crippen LogP contribution in [-0.2, 0) is 21.3 Å². The van der Waals surface area contributed by atoms with E-state index >= 15 is 0 Å². The largest absolute Gasteiger partial charge is 0.378 e. The topological polar surface area (TPSA) is 31.4 Å². The van der Waals surface area contributed by atoms with E-state index in [2.05, 4.69) is 29.2 Å². The number of ether oxygens (including phenoxy) is 2. The van der Waals surface area contributed by atoms with Crippen LogP contribution < -0.4 is 0 Å². The molecular formula is C25H30FNO2. The average molecular weight is 396 g/mol. The van der Waals surface area contributed by atoms with Gasteiger partial charge in [0.2, 0.25) is 0 Å². The van der Waals surface area contributed by atoms with E-state index in [1.807, 2.05) is 6.07 Å². The number of hydrogen-bond acceptors (Lipinski definition) is 3. The monoisotopic (exact) mass is 395 g/mol. The highest BCUT2D eigenvalue weighted by molar-refractivity contribution is 5.34. The summed E-state index contributed by atoms with van der Waals surface area (Å²) in [6, 6.07) is 12.4. The molecule has 0 saturated carbocycles. The first-order valence-corrected chi connectivity index (χ1v) is 11.1. The Morgan fingerprint density at radius 1 is 1.10 bits per heavy atom. The molecule has 1 aromatic heterocycles. The molecule has 4 heteroatoms. The summed E-state index contributed by atoms with van der Waals surface area (Å²) in [5.74, 6) is 0.408. The Balaban J connectivity index is 1.34. The van der Waals surface area contributed by atoms with Crippen LogP contribution in [0.25, 0.3) is 0 Å². The Morgan fingerprint density at radius 3 is 2.86 bits per heavy atom. The van der Waals surface area contributed by atoms with Gasteiger partial charge in [0, 0.05) is 30.7 Å². The smallest absolute Gasteiger partial charge is 0.141 e. The Bertz CT molecular complexity index is 846. The second kappa shape index (κ2) is 7.81. The fourth-order valence-electron chi connectivity index (χ4n) is 5.94. The van der Waals surface area contributed by atoms with Gasteiger partial charge in [-0.1, -0.05) is 30.7 Å². The maximum Gasteiger partial charge on any atom is 0.141 e. The number of aryl methyl sites for hydroxylation is 1. The van der Waals surface area contributed by atoms with E-state index in [1.165, 1.54) is 31.0 Å². The zero-order chi connectivity index (χ0) is 19.7. The number of nitrogens with zero attached hydrogens (tertiary/aromatic N) is 1. The van der Waals surface area contributed by atoms with Gasteiger partial charge in [0.25, 0.3) is 0 Å². The number of rotatable bonds is 5. The van der Waals surface area contributed by atoms with Crippen molar-refractivity contribution in [3.8, 4) is 0 Å². The third-order valence-electron chi connectivity index (χ3n) is 7.45. The first-order chi connectivity index (χ1) is 14.2.